The molecule has 0 aromatic heterocycles. The monoisotopic (exact) mass is 235 g/mol. The smallest absolute Gasteiger partial charge is 0.122 e. The highest BCUT2D eigenvalue weighted by Crippen LogP contribution is 2.24. The van der Waals surface area contributed by atoms with Gasteiger partial charge in [0.2, 0.25) is 0 Å². The van der Waals surface area contributed by atoms with E-state index in [4.69, 9.17) is 4.74 Å². The zero-order chi connectivity index (χ0) is 12.3. The highest BCUT2D eigenvalue weighted by atomic mass is 16.5. The van der Waals surface area contributed by atoms with Crippen LogP contribution in [0, 0.1) is 6.92 Å². The number of aryl methyl sites for hydroxylation is 1. The fraction of sp³-hybridized carbons (Fsp3) is 0.571. The number of phenolic OH excluding ortho intramolecular Hbond substituents is 1. The van der Waals surface area contributed by atoms with Gasteiger partial charge in [0.1, 0.15) is 5.75 Å². The van der Waals surface area contributed by atoms with Crippen molar-refractivity contribution in [3.8, 4) is 5.75 Å². The Morgan fingerprint density at radius 3 is 2.94 bits per heavy atom. The van der Waals surface area contributed by atoms with Crippen molar-refractivity contribution < 1.29 is 9.84 Å². The molecular weight excluding hydrogens is 214 g/mol. The van der Waals surface area contributed by atoms with Crippen molar-refractivity contribution in [2.24, 2.45) is 0 Å². The normalized spacial score (nSPS) is 24.1. The lowest BCUT2D eigenvalue weighted by molar-refractivity contribution is 0.107. The lowest BCUT2D eigenvalue weighted by Gasteiger charge is -2.14. The van der Waals surface area contributed by atoms with E-state index in [0.717, 1.165) is 36.9 Å². The molecule has 3 nitrogen and oxygen atoms in total. The molecule has 1 saturated carbocycles. The van der Waals surface area contributed by atoms with Crippen LogP contribution in [0.4, 0.5) is 0 Å². The average Bonchev–Trinajstić information content (AvgIpc) is 2.79. The van der Waals surface area contributed by atoms with Crippen molar-refractivity contribution in [2.75, 3.05) is 7.11 Å². The first-order valence-electron chi connectivity index (χ1n) is 6.24. The minimum absolute atomic E-state index is 0.401. The molecule has 1 aromatic rings. The summed E-state index contributed by atoms with van der Waals surface area (Å²) in [6.07, 6.45) is 3.76. The van der Waals surface area contributed by atoms with E-state index in [1.165, 1.54) is 0 Å². The number of rotatable bonds is 4. The van der Waals surface area contributed by atoms with Gasteiger partial charge in [-0.1, -0.05) is 18.2 Å². The molecule has 0 amide bonds. The van der Waals surface area contributed by atoms with Gasteiger partial charge in [0.15, 0.2) is 0 Å². The molecule has 2 unspecified atom stereocenters. The molecule has 0 bridgehead atoms. The summed E-state index contributed by atoms with van der Waals surface area (Å²) < 4.78 is 5.35. The number of benzene rings is 1. The Hall–Kier alpha value is -1.06. The molecule has 3 heteroatoms. The largest absolute Gasteiger partial charge is 0.507 e. The maximum absolute atomic E-state index is 9.90. The number of hydrogen-bond donors (Lipinski definition) is 2. The van der Waals surface area contributed by atoms with E-state index in [2.05, 4.69) is 5.32 Å². The average molecular weight is 235 g/mol. The van der Waals surface area contributed by atoms with Gasteiger partial charge in [-0.15, -0.1) is 0 Å². The van der Waals surface area contributed by atoms with Crippen LogP contribution in [0.3, 0.4) is 0 Å². The van der Waals surface area contributed by atoms with Crippen LogP contribution in [0.2, 0.25) is 0 Å². The standard InChI is InChI=1S/C14H21NO2/c1-10-4-3-5-11(14(10)16)9-15-12-6-7-13(8-12)17-2/h3-5,12-13,15-16H,6-9H2,1-2H3. The Balaban J connectivity index is 1.88. The van der Waals surface area contributed by atoms with Gasteiger partial charge < -0.3 is 15.2 Å². The lowest BCUT2D eigenvalue weighted by Crippen LogP contribution is -2.26. The maximum atomic E-state index is 9.90. The zero-order valence-corrected chi connectivity index (χ0v) is 10.6. The fourth-order valence-corrected chi connectivity index (χ4v) is 2.46. The van der Waals surface area contributed by atoms with Gasteiger partial charge >= 0.3 is 0 Å². The lowest BCUT2D eigenvalue weighted by atomic mass is 10.1. The number of aromatic hydroxyl groups is 1. The van der Waals surface area contributed by atoms with Crippen molar-refractivity contribution in [2.45, 2.75) is 44.9 Å². The van der Waals surface area contributed by atoms with Crippen LogP contribution in [0.5, 0.6) is 5.75 Å². The highest BCUT2D eigenvalue weighted by molar-refractivity contribution is 5.39. The fourth-order valence-electron chi connectivity index (χ4n) is 2.46. The van der Waals surface area contributed by atoms with E-state index >= 15 is 0 Å². The SMILES string of the molecule is COC1CCC(NCc2cccc(C)c2O)C1. The first kappa shape index (κ1) is 12.4. The molecule has 1 aliphatic carbocycles. The third kappa shape index (κ3) is 2.99. The van der Waals surface area contributed by atoms with E-state index in [1.807, 2.05) is 25.1 Å². The van der Waals surface area contributed by atoms with Crippen LogP contribution >= 0.6 is 0 Å². The molecule has 0 heterocycles. The molecular formula is C14H21NO2. The molecule has 0 radical (unpaired) electrons. The zero-order valence-electron chi connectivity index (χ0n) is 10.6. The summed E-state index contributed by atoms with van der Waals surface area (Å²) in [5.74, 6) is 0.418. The van der Waals surface area contributed by atoms with Crippen LogP contribution < -0.4 is 5.32 Å². The quantitative estimate of drug-likeness (QED) is 0.841. The van der Waals surface area contributed by atoms with Crippen LogP contribution in [0.25, 0.3) is 0 Å². The van der Waals surface area contributed by atoms with Gasteiger partial charge in [-0.05, 0) is 31.7 Å². The first-order valence-corrected chi connectivity index (χ1v) is 6.24. The summed E-state index contributed by atoms with van der Waals surface area (Å²) in [7, 11) is 1.78. The molecule has 1 fully saturated rings. The number of ether oxygens (including phenoxy) is 1. The minimum atomic E-state index is 0.401. The maximum Gasteiger partial charge on any atom is 0.122 e. The van der Waals surface area contributed by atoms with Gasteiger partial charge in [0.25, 0.3) is 0 Å². The second-order valence-corrected chi connectivity index (χ2v) is 4.83. The van der Waals surface area contributed by atoms with Gasteiger partial charge in [-0.25, -0.2) is 0 Å². The Morgan fingerprint density at radius 1 is 1.41 bits per heavy atom. The minimum Gasteiger partial charge on any atom is -0.507 e. The predicted octanol–water partition coefficient (Wildman–Crippen LogP) is 2.36. The summed E-state index contributed by atoms with van der Waals surface area (Å²) in [6, 6.07) is 6.39. The van der Waals surface area contributed by atoms with E-state index in [9.17, 15) is 5.11 Å². The summed E-state index contributed by atoms with van der Waals surface area (Å²) in [4.78, 5) is 0. The number of nitrogens with one attached hydrogen (secondary N) is 1. The van der Waals surface area contributed by atoms with Crippen LogP contribution in [0.1, 0.15) is 30.4 Å². The third-order valence-electron chi connectivity index (χ3n) is 3.62. The number of para-hydroxylation sites is 1. The van der Waals surface area contributed by atoms with Gasteiger partial charge in [0.05, 0.1) is 6.10 Å². The first-order chi connectivity index (χ1) is 8.20. The van der Waals surface area contributed by atoms with Gasteiger partial charge in [0, 0.05) is 25.3 Å². The Labute approximate surface area is 103 Å². The Kier molecular flexibility index (Phi) is 4.02. The molecule has 94 valence electrons. The molecule has 2 atom stereocenters. The van der Waals surface area contributed by atoms with Gasteiger partial charge in [-0.3, -0.25) is 0 Å². The Bertz CT molecular complexity index is 378. The van der Waals surface area contributed by atoms with Crippen molar-refractivity contribution in [3.63, 3.8) is 0 Å². The number of phenols is 1. The van der Waals surface area contributed by atoms with Gasteiger partial charge in [-0.2, -0.15) is 0 Å². The molecule has 0 aliphatic heterocycles. The van der Waals surface area contributed by atoms with Crippen molar-refractivity contribution in [3.05, 3.63) is 29.3 Å². The summed E-state index contributed by atoms with van der Waals surface area (Å²) in [5.41, 5.74) is 1.91. The molecule has 1 aliphatic rings. The Morgan fingerprint density at radius 2 is 2.24 bits per heavy atom. The molecule has 17 heavy (non-hydrogen) atoms. The van der Waals surface area contributed by atoms with E-state index in [1.54, 1.807) is 7.11 Å². The van der Waals surface area contributed by atoms with E-state index in [0.29, 0.717) is 17.9 Å². The molecule has 0 saturated heterocycles. The van der Waals surface area contributed by atoms with Crippen molar-refractivity contribution >= 4 is 0 Å². The topological polar surface area (TPSA) is 41.5 Å². The van der Waals surface area contributed by atoms with Crippen LogP contribution in [-0.2, 0) is 11.3 Å². The summed E-state index contributed by atoms with van der Waals surface area (Å²) >= 11 is 0. The molecule has 2 N–H and O–H groups in total. The van der Waals surface area contributed by atoms with Crippen molar-refractivity contribution in [1.29, 1.82) is 0 Å². The predicted molar refractivity (Wildman–Crippen MR) is 68.1 cm³/mol. The molecule has 0 spiro atoms. The molecule has 1 aromatic carbocycles. The summed E-state index contributed by atoms with van der Waals surface area (Å²) in [6.45, 7) is 2.66. The van der Waals surface area contributed by atoms with Crippen molar-refractivity contribution in [1.82, 2.24) is 5.32 Å². The highest BCUT2D eigenvalue weighted by Gasteiger charge is 2.23. The summed E-state index contributed by atoms with van der Waals surface area (Å²) in [5, 5.41) is 13.4. The van der Waals surface area contributed by atoms with E-state index < -0.39 is 0 Å². The number of hydrogen-bond acceptors (Lipinski definition) is 3. The van der Waals surface area contributed by atoms with E-state index in [-0.39, 0.29) is 0 Å². The second-order valence-electron chi connectivity index (χ2n) is 4.83. The van der Waals surface area contributed by atoms with Crippen LogP contribution in [0.15, 0.2) is 18.2 Å². The van der Waals surface area contributed by atoms with Crippen LogP contribution in [-0.4, -0.2) is 24.4 Å². The molecule has 2 rings (SSSR count). The third-order valence-corrected chi connectivity index (χ3v) is 3.62. The number of methoxy groups -OCH3 is 1. The second kappa shape index (κ2) is 5.52.